The average Bonchev–Trinajstić information content (AvgIpc) is 2.67. The van der Waals surface area contributed by atoms with Crippen molar-refractivity contribution in [3.63, 3.8) is 0 Å². The molecule has 3 rings (SSSR count). The molecule has 1 spiro atoms. The highest BCUT2D eigenvalue weighted by atomic mass is 19.1. The van der Waals surface area contributed by atoms with Crippen LogP contribution in [0, 0.1) is 5.82 Å². The summed E-state index contributed by atoms with van der Waals surface area (Å²) in [6.07, 6.45) is 3.37. The summed E-state index contributed by atoms with van der Waals surface area (Å²) in [4.78, 5) is 26.5. The second-order valence-electron chi connectivity index (χ2n) is 7.69. The molecule has 1 amide bonds. The van der Waals surface area contributed by atoms with Crippen molar-refractivity contribution >= 4 is 11.7 Å². The van der Waals surface area contributed by atoms with E-state index in [1.807, 2.05) is 13.8 Å². The molecule has 6 heteroatoms. The highest BCUT2D eigenvalue weighted by Crippen LogP contribution is 2.34. The van der Waals surface area contributed by atoms with E-state index in [9.17, 15) is 14.0 Å². The smallest absolute Gasteiger partial charge is 0.249 e. The largest absolute Gasteiger partial charge is 0.360 e. The average molecular weight is 376 g/mol. The molecule has 1 aromatic carbocycles. The van der Waals surface area contributed by atoms with E-state index >= 15 is 0 Å². The van der Waals surface area contributed by atoms with Crippen molar-refractivity contribution in [2.75, 3.05) is 19.6 Å². The summed E-state index contributed by atoms with van der Waals surface area (Å²) in [5.41, 5.74) is 0.300. The SMILES string of the molecule is CCC1OC2(CCN(CCCC(=O)c3ccc(F)cc3)CC2)C(C)NC1=O. The fourth-order valence-electron chi connectivity index (χ4n) is 4.09. The molecule has 0 saturated carbocycles. The van der Waals surface area contributed by atoms with Crippen LogP contribution in [-0.2, 0) is 9.53 Å². The van der Waals surface area contributed by atoms with Crippen LogP contribution in [0.1, 0.15) is 56.3 Å². The molecule has 27 heavy (non-hydrogen) atoms. The van der Waals surface area contributed by atoms with E-state index < -0.39 is 0 Å². The Morgan fingerprint density at radius 1 is 1.30 bits per heavy atom. The van der Waals surface area contributed by atoms with Gasteiger partial charge in [0.15, 0.2) is 5.78 Å². The summed E-state index contributed by atoms with van der Waals surface area (Å²) in [5, 5.41) is 3.08. The number of nitrogens with zero attached hydrogens (tertiary/aromatic N) is 1. The molecule has 1 aromatic rings. The number of ether oxygens (including phenoxy) is 1. The highest BCUT2D eigenvalue weighted by Gasteiger charge is 2.47. The van der Waals surface area contributed by atoms with Crippen LogP contribution in [0.2, 0.25) is 0 Å². The molecule has 2 aliphatic heterocycles. The van der Waals surface area contributed by atoms with Gasteiger partial charge in [0.05, 0.1) is 11.6 Å². The molecule has 0 bridgehead atoms. The minimum Gasteiger partial charge on any atom is -0.360 e. The van der Waals surface area contributed by atoms with Gasteiger partial charge < -0.3 is 15.0 Å². The van der Waals surface area contributed by atoms with Gasteiger partial charge in [-0.15, -0.1) is 0 Å². The molecule has 2 fully saturated rings. The molecule has 1 N–H and O–H groups in total. The quantitative estimate of drug-likeness (QED) is 0.776. The highest BCUT2D eigenvalue weighted by molar-refractivity contribution is 5.95. The lowest BCUT2D eigenvalue weighted by atomic mass is 9.82. The summed E-state index contributed by atoms with van der Waals surface area (Å²) in [6.45, 7) is 6.67. The van der Waals surface area contributed by atoms with Crippen molar-refractivity contribution in [1.82, 2.24) is 10.2 Å². The third-order valence-electron chi connectivity index (χ3n) is 5.93. The fourth-order valence-corrected chi connectivity index (χ4v) is 4.09. The molecule has 5 nitrogen and oxygen atoms in total. The van der Waals surface area contributed by atoms with Gasteiger partial charge in [0.25, 0.3) is 0 Å². The summed E-state index contributed by atoms with van der Waals surface area (Å²) in [7, 11) is 0. The van der Waals surface area contributed by atoms with Crippen LogP contribution in [0.4, 0.5) is 4.39 Å². The first-order chi connectivity index (χ1) is 12.9. The number of piperidine rings is 1. The van der Waals surface area contributed by atoms with Gasteiger partial charge in [0, 0.05) is 25.1 Å². The Labute approximate surface area is 160 Å². The van der Waals surface area contributed by atoms with Crippen LogP contribution >= 0.6 is 0 Å². The maximum absolute atomic E-state index is 12.9. The number of nitrogens with one attached hydrogen (secondary N) is 1. The first-order valence-electron chi connectivity index (χ1n) is 9.93. The second-order valence-corrected chi connectivity index (χ2v) is 7.69. The van der Waals surface area contributed by atoms with Gasteiger partial charge in [0.2, 0.25) is 5.91 Å². The van der Waals surface area contributed by atoms with E-state index in [1.54, 1.807) is 12.1 Å². The Hall–Kier alpha value is -1.79. The van der Waals surface area contributed by atoms with E-state index in [1.165, 1.54) is 12.1 Å². The number of morpholine rings is 1. The normalized spacial score (nSPS) is 25.4. The minimum atomic E-state index is -0.346. The number of amides is 1. The molecule has 0 aromatic heterocycles. The van der Waals surface area contributed by atoms with Gasteiger partial charge in [-0.2, -0.15) is 0 Å². The van der Waals surface area contributed by atoms with E-state index in [0.717, 1.165) is 38.9 Å². The minimum absolute atomic E-state index is 0.00244. The molecule has 148 valence electrons. The molecule has 0 radical (unpaired) electrons. The zero-order chi connectivity index (χ0) is 19.4. The van der Waals surface area contributed by atoms with Crippen LogP contribution in [0.3, 0.4) is 0 Å². The number of likely N-dealkylation sites (tertiary alicyclic amines) is 1. The number of Topliss-reactive ketones (excluding diaryl/α,β-unsaturated/α-hetero) is 1. The van der Waals surface area contributed by atoms with Gasteiger partial charge in [-0.05, 0) is 63.4 Å². The predicted octanol–water partition coefficient (Wildman–Crippen LogP) is 2.94. The maximum Gasteiger partial charge on any atom is 0.249 e. The number of carbonyl (C=O) groups is 2. The van der Waals surface area contributed by atoms with Gasteiger partial charge in [-0.1, -0.05) is 6.92 Å². The molecular weight excluding hydrogens is 347 g/mol. The lowest BCUT2D eigenvalue weighted by molar-refractivity contribution is -0.182. The number of hydrogen-bond donors (Lipinski definition) is 1. The number of ketones is 1. The summed E-state index contributed by atoms with van der Waals surface area (Å²) >= 11 is 0. The van der Waals surface area contributed by atoms with E-state index in [-0.39, 0.29) is 35.3 Å². The van der Waals surface area contributed by atoms with Crippen LogP contribution < -0.4 is 5.32 Å². The molecule has 0 aliphatic carbocycles. The first kappa shape index (κ1) is 20.0. The molecule has 2 aliphatic rings. The fraction of sp³-hybridized carbons (Fsp3) is 0.619. The molecule has 2 heterocycles. The van der Waals surface area contributed by atoms with Crippen LogP contribution in [0.5, 0.6) is 0 Å². The Morgan fingerprint density at radius 3 is 2.59 bits per heavy atom. The van der Waals surface area contributed by atoms with Gasteiger partial charge in [-0.25, -0.2) is 4.39 Å². The Bertz CT molecular complexity index is 669. The first-order valence-corrected chi connectivity index (χ1v) is 9.93. The van der Waals surface area contributed by atoms with Crippen molar-refractivity contribution in [2.24, 2.45) is 0 Å². The number of halogens is 1. The topological polar surface area (TPSA) is 58.6 Å². The van der Waals surface area contributed by atoms with Crippen LogP contribution in [-0.4, -0.2) is 54.0 Å². The van der Waals surface area contributed by atoms with Gasteiger partial charge in [0.1, 0.15) is 11.9 Å². The van der Waals surface area contributed by atoms with Crippen molar-refractivity contribution in [2.45, 2.75) is 63.7 Å². The number of rotatable bonds is 6. The predicted molar refractivity (Wildman–Crippen MR) is 101 cm³/mol. The van der Waals surface area contributed by atoms with Crippen LogP contribution in [0.15, 0.2) is 24.3 Å². The summed E-state index contributed by atoms with van der Waals surface area (Å²) < 4.78 is 19.2. The molecule has 2 atom stereocenters. The standard InChI is InChI=1S/C21H29FN2O3/c1-3-19-20(26)23-15(2)21(27-19)10-13-24(14-11-21)12-4-5-18(25)16-6-8-17(22)9-7-16/h6-9,15,19H,3-5,10-14H2,1-2H3,(H,23,26). The summed E-state index contributed by atoms with van der Waals surface area (Å²) in [5.74, 6) is -0.270. The van der Waals surface area contributed by atoms with Crippen molar-refractivity contribution in [3.05, 3.63) is 35.6 Å². The van der Waals surface area contributed by atoms with E-state index in [2.05, 4.69) is 10.2 Å². The van der Waals surface area contributed by atoms with E-state index in [4.69, 9.17) is 4.74 Å². The van der Waals surface area contributed by atoms with Gasteiger partial charge >= 0.3 is 0 Å². The monoisotopic (exact) mass is 376 g/mol. The number of carbonyl (C=O) groups excluding carboxylic acids is 2. The Morgan fingerprint density at radius 2 is 1.96 bits per heavy atom. The summed E-state index contributed by atoms with van der Waals surface area (Å²) in [6, 6.07) is 5.76. The molecular formula is C21H29FN2O3. The van der Waals surface area contributed by atoms with Crippen molar-refractivity contribution < 1.29 is 18.7 Å². The Kier molecular flexibility index (Phi) is 6.27. The van der Waals surface area contributed by atoms with Crippen LogP contribution in [0.25, 0.3) is 0 Å². The zero-order valence-electron chi connectivity index (χ0n) is 16.2. The molecule has 2 unspecified atom stereocenters. The third-order valence-corrected chi connectivity index (χ3v) is 5.93. The Balaban J connectivity index is 1.45. The second kappa shape index (κ2) is 8.48. The zero-order valence-corrected chi connectivity index (χ0v) is 16.2. The third kappa shape index (κ3) is 4.55. The van der Waals surface area contributed by atoms with Gasteiger partial charge in [-0.3, -0.25) is 9.59 Å². The van der Waals surface area contributed by atoms with Crippen molar-refractivity contribution in [1.29, 1.82) is 0 Å². The number of benzene rings is 1. The van der Waals surface area contributed by atoms with Crippen molar-refractivity contribution in [3.8, 4) is 0 Å². The van der Waals surface area contributed by atoms with E-state index in [0.29, 0.717) is 18.4 Å². The number of hydrogen-bond acceptors (Lipinski definition) is 4. The lowest BCUT2D eigenvalue weighted by Gasteiger charge is -2.49. The lowest BCUT2D eigenvalue weighted by Crippen LogP contribution is -2.65. The maximum atomic E-state index is 12.9. The molecule has 2 saturated heterocycles.